The molecule has 1 fully saturated rings. The molecular weight excluding hydrogens is 412 g/mol. The molecular formula is C21H23ClN2O4S. The maximum absolute atomic E-state index is 11.0. The van der Waals surface area contributed by atoms with E-state index in [0.29, 0.717) is 47.4 Å². The average molecular weight is 435 g/mol. The Bertz CT molecular complexity index is 896. The van der Waals surface area contributed by atoms with Crippen LogP contribution in [0, 0.1) is 0 Å². The zero-order valence-electron chi connectivity index (χ0n) is 16.1. The number of carbonyl (C=O) groups is 1. The number of halogens is 1. The second-order valence-corrected chi connectivity index (χ2v) is 7.77. The highest BCUT2D eigenvalue weighted by atomic mass is 35.5. The molecule has 0 aliphatic carbocycles. The van der Waals surface area contributed by atoms with Crippen molar-refractivity contribution in [2.24, 2.45) is 5.73 Å². The number of thiocarbonyl (C=S) groups is 1. The molecule has 3 rings (SSSR count). The molecule has 2 aromatic carbocycles. The van der Waals surface area contributed by atoms with Gasteiger partial charge in [-0.05, 0) is 48.7 Å². The average Bonchev–Trinajstić information content (AvgIpc) is 2.72. The van der Waals surface area contributed by atoms with Gasteiger partial charge in [0.25, 0.3) is 5.91 Å². The molecule has 0 saturated carbocycles. The predicted octanol–water partition coefficient (Wildman–Crippen LogP) is 2.87. The molecule has 1 heterocycles. The van der Waals surface area contributed by atoms with E-state index in [0.717, 1.165) is 11.1 Å². The van der Waals surface area contributed by atoms with Crippen LogP contribution in [0.2, 0.25) is 5.02 Å². The monoisotopic (exact) mass is 434 g/mol. The number of hydrogen-bond donors (Lipinski definition) is 2. The van der Waals surface area contributed by atoms with Crippen LogP contribution in [0.1, 0.15) is 24.0 Å². The van der Waals surface area contributed by atoms with Gasteiger partial charge in [-0.15, -0.1) is 0 Å². The Labute approximate surface area is 180 Å². The Hall–Kier alpha value is -2.35. The van der Waals surface area contributed by atoms with Gasteiger partial charge in [0.2, 0.25) is 0 Å². The lowest BCUT2D eigenvalue weighted by atomic mass is 9.84. The van der Waals surface area contributed by atoms with Crippen molar-refractivity contribution in [1.29, 1.82) is 0 Å². The maximum atomic E-state index is 11.0. The molecule has 29 heavy (non-hydrogen) atoms. The van der Waals surface area contributed by atoms with Crippen molar-refractivity contribution in [2.75, 3.05) is 26.8 Å². The lowest BCUT2D eigenvalue weighted by Crippen LogP contribution is -2.44. The third-order valence-corrected chi connectivity index (χ3v) is 5.79. The molecule has 1 aliphatic heterocycles. The minimum atomic E-state index is -0.888. The molecule has 2 aromatic rings. The number of rotatable bonds is 6. The van der Waals surface area contributed by atoms with Gasteiger partial charge in [0, 0.05) is 23.7 Å². The van der Waals surface area contributed by atoms with Gasteiger partial charge in [0.1, 0.15) is 4.99 Å². The highest BCUT2D eigenvalue weighted by Crippen LogP contribution is 2.35. The highest BCUT2D eigenvalue weighted by molar-refractivity contribution is 7.80. The zero-order valence-corrected chi connectivity index (χ0v) is 17.6. The lowest BCUT2D eigenvalue weighted by molar-refractivity contribution is -0.119. The number of benzene rings is 2. The fourth-order valence-corrected chi connectivity index (χ4v) is 3.82. The van der Waals surface area contributed by atoms with Crippen molar-refractivity contribution in [3.8, 4) is 11.5 Å². The van der Waals surface area contributed by atoms with Crippen molar-refractivity contribution in [3.05, 3.63) is 58.6 Å². The summed E-state index contributed by atoms with van der Waals surface area (Å²) in [6.45, 7) is 1.02. The van der Waals surface area contributed by atoms with Gasteiger partial charge in [-0.1, -0.05) is 36.0 Å². The molecule has 154 valence electrons. The Morgan fingerprint density at radius 1 is 1.21 bits per heavy atom. The summed E-state index contributed by atoms with van der Waals surface area (Å²) in [7, 11) is 1.52. The molecule has 1 amide bonds. The van der Waals surface area contributed by atoms with E-state index in [-0.39, 0.29) is 6.61 Å². The minimum absolute atomic E-state index is 0.227. The molecule has 0 atom stereocenters. The van der Waals surface area contributed by atoms with Crippen molar-refractivity contribution >= 4 is 34.7 Å². The number of primary amides is 1. The summed E-state index contributed by atoms with van der Waals surface area (Å²) < 4.78 is 10.7. The summed E-state index contributed by atoms with van der Waals surface area (Å²) in [5.74, 6) is 0.336. The number of likely N-dealkylation sites (tertiary alicyclic amines) is 1. The minimum Gasteiger partial charge on any atom is -0.493 e. The fourth-order valence-electron chi connectivity index (χ4n) is 3.38. The predicted molar refractivity (Wildman–Crippen MR) is 116 cm³/mol. The van der Waals surface area contributed by atoms with Crippen molar-refractivity contribution in [3.63, 3.8) is 0 Å². The topological polar surface area (TPSA) is 85.0 Å². The maximum Gasteiger partial charge on any atom is 0.255 e. The molecule has 0 bridgehead atoms. The van der Waals surface area contributed by atoms with E-state index in [1.54, 1.807) is 24.3 Å². The van der Waals surface area contributed by atoms with Crippen LogP contribution in [-0.4, -0.2) is 47.7 Å². The van der Waals surface area contributed by atoms with Crippen LogP contribution in [0.5, 0.6) is 11.5 Å². The Balaban J connectivity index is 1.68. The van der Waals surface area contributed by atoms with Crippen LogP contribution in [0.25, 0.3) is 0 Å². The van der Waals surface area contributed by atoms with Gasteiger partial charge in [0.05, 0.1) is 12.7 Å². The molecule has 0 unspecified atom stereocenters. The van der Waals surface area contributed by atoms with Crippen LogP contribution in [0.15, 0.2) is 42.5 Å². The van der Waals surface area contributed by atoms with Crippen LogP contribution in [0.3, 0.4) is 0 Å². The van der Waals surface area contributed by atoms with Crippen molar-refractivity contribution in [1.82, 2.24) is 4.90 Å². The number of aliphatic hydroxyl groups is 1. The number of amides is 1. The van der Waals surface area contributed by atoms with E-state index in [9.17, 15) is 9.90 Å². The number of ether oxygens (including phenoxy) is 2. The lowest BCUT2D eigenvalue weighted by Gasteiger charge is -2.39. The Kier molecular flexibility index (Phi) is 6.62. The summed E-state index contributed by atoms with van der Waals surface area (Å²) >= 11 is 11.6. The molecule has 1 saturated heterocycles. The van der Waals surface area contributed by atoms with E-state index in [1.807, 2.05) is 18.2 Å². The summed E-state index contributed by atoms with van der Waals surface area (Å²) in [5, 5.41) is 11.7. The van der Waals surface area contributed by atoms with E-state index >= 15 is 0 Å². The van der Waals surface area contributed by atoms with Gasteiger partial charge in [-0.2, -0.15) is 0 Å². The van der Waals surface area contributed by atoms with Gasteiger partial charge in [0.15, 0.2) is 18.1 Å². The molecule has 3 N–H and O–H groups in total. The second kappa shape index (κ2) is 8.98. The molecule has 1 aliphatic rings. The zero-order chi connectivity index (χ0) is 21.0. The van der Waals surface area contributed by atoms with E-state index in [1.165, 1.54) is 7.11 Å². The number of hydrogen-bond acceptors (Lipinski definition) is 5. The largest absolute Gasteiger partial charge is 0.493 e. The van der Waals surface area contributed by atoms with Crippen LogP contribution < -0.4 is 15.2 Å². The van der Waals surface area contributed by atoms with Gasteiger partial charge >= 0.3 is 0 Å². The Morgan fingerprint density at radius 3 is 2.45 bits per heavy atom. The quantitative estimate of drug-likeness (QED) is 0.680. The third-order valence-electron chi connectivity index (χ3n) is 5.04. The van der Waals surface area contributed by atoms with Crippen LogP contribution >= 0.6 is 23.8 Å². The SMILES string of the molecule is COc1cc(C(=S)N2CCC(O)(c3ccc(Cl)cc3)CC2)ccc1OCC(N)=O. The first kappa shape index (κ1) is 21.4. The Morgan fingerprint density at radius 2 is 1.86 bits per heavy atom. The van der Waals surface area contributed by atoms with E-state index in [2.05, 4.69) is 4.90 Å². The highest BCUT2D eigenvalue weighted by Gasteiger charge is 2.34. The van der Waals surface area contributed by atoms with Gasteiger partial charge < -0.3 is 25.2 Å². The normalized spacial score (nSPS) is 15.6. The molecule has 0 radical (unpaired) electrons. The van der Waals surface area contributed by atoms with Gasteiger partial charge in [-0.3, -0.25) is 4.79 Å². The van der Waals surface area contributed by atoms with Crippen molar-refractivity contribution < 1.29 is 19.4 Å². The summed E-state index contributed by atoms with van der Waals surface area (Å²) in [4.78, 5) is 13.7. The molecule has 0 spiro atoms. The smallest absolute Gasteiger partial charge is 0.255 e. The standard InChI is InChI=1S/C21H23ClN2O4S/c1-27-18-12-14(2-7-17(18)28-13-19(23)25)20(29)24-10-8-21(26,9-11-24)15-3-5-16(22)6-4-15/h2-7,12,26H,8-11,13H2,1H3,(H2,23,25). The summed E-state index contributed by atoms with van der Waals surface area (Å²) in [6, 6.07) is 12.6. The number of piperidine rings is 1. The number of carbonyl (C=O) groups excluding carboxylic acids is 1. The van der Waals surface area contributed by atoms with E-state index in [4.69, 9.17) is 39.0 Å². The van der Waals surface area contributed by atoms with E-state index < -0.39 is 11.5 Å². The van der Waals surface area contributed by atoms with Gasteiger partial charge in [-0.25, -0.2) is 0 Å². The molecule has 0 aromatic heterocycles. The first-order valence-electron chi connectivity index (χ1n) is 9.19. The third kappa shape index (κ3) is 4.98. The fraction of sp³-hybridized carbons (Fsp3) is 0.333. The first-order chi connectivity index (χ1) is 13.8. The molecule has 6 nitrogen and oxygen atoms in total. The first-order valence-corrected chi connectivity index (χ1v) is 9.98. The summed E-state index contributed by atoms with van der Waals surface area (Å²) in [5.41, 5.74) is 5.90. The number of methoxy groups -OCH3 is 1. The summed E-state index contributed by atoms with van der Waals surface area (Å²) in [6.07, 6.45) is 1.12. The van der Waals surface area contributed by atoms with Crippen LogP contribution in [0.4, 0.5) is 0 Å². The molecule has 8 heteroatoms. The number of nitrogens with zero attached hydrogens (tertiary/aromatic N) is 1. The number of nitrogens with two attached hydrogens (primary N) is 1. The second-order valence-electron chi connectivity index (χ2n) is 6.95. The van der Waals surface area contributed by atoms with Crippen molar-refractivity contribution in [2.45, 2.75) is 18.4 Å². The van der Waals surface area contributed by atoms with Crippen LogP contribution in [-0.2, 0) is 10.4 Å².